The molecule has 3 heteroatoms. The molecule has 1 fully saturated rings. The van der Waals surface area contributed by atoms with Gasteiger partial charge in [-0.25, -0.2) is 0 Å². The average molecular weight is 230 g/mol. The zero-order valence-electron chi connectivity index (χ0n) is 10.1. The van der Waals surface area contributed by atoms with Crippen molar-refractivity contribution in [1.29, 1.82) is 0 Å². The molecule has 0 aromatic heterocycles. The van der Waals surface area contributed by atoms with Gasteiger partial charge in [-0.1, -0.05) is 19.1 Å². The smallest absolute Gasteiger partial charge is 0.230 e. The molecule has 1 amide bonds. The Morgan fingerprint density at radius 2 is 2.18 bits per heavy atom. The minimum Gasteiger partial charge on any atom is -0.383 e. The largest absolute Gasteiger partial charge is 0.383 e. The Bertz CT molecular complexity index is 444. The minimum atomic E-state index is 0.265. The lowest BCUT2D eigenvalue weighted by Gasteiger charge is -2.22. The van der Waals surface area contributed by atoms with Crippen LogP contribution in [0, 0.1) is 11.8 Å². The zero-order chi connectivity index (χ0) is 11.8. The van der Waals surface area contributed by atoms with Gasteiger partial charge in [-0.3, -0.25) is 4.79 Å². The van der Waals surface area contributed by atoms with Crippen molar-refractivity contribution in [2.75, 3.05) is 23.3 Å². The van der Waals surface area contributed by atoms with Gasteiger partial charge < -0.3 is 10.2 Å². The van der Waals surface area contributed by atoms with E-state index in [9.17, 15) is 4.79 Å². The number of hydrogen-bond donors (Lipinski definition) is 1. The Hall–Kier alpha value is -1.51. The summed E-state index contributed by atoms with van der Waals surface area (Å²) in [5.74, 6) is 1.15. The van der Waals surface area contributed by atoms with Crippen molar-refractivity contribution in [2.24, 2.45) is 11.8 Å². The van der Waals surface area contributed by atoms with Crippen molar-refractivity contribution in [3.63, 3.8) is 0 Å². The molecule has 90 valence electrons. The van der Waals surface area contributed by atoms with Crippen LogP contribution >= 0.6 is 0 Å². The highest BCUT2D eigenvalue weighted by molar-refractivity contribution is 5.99. The second-order valence-corrected chi connectivity index (χ2v) is 5.11. The molecule has 0 saturated heterocycles. The zero-order valence-corrected chi connectivity index (χ0v) is 10.1. The number of rotatable bonds is 1. The quantitative estimate of drug-likeness (QED) is 0.804. The van der Waals surface area contributed by atoms with E-state index in [4.69, 9.17) is 0 Å². The highest BCUT2D eigenvalue weighted by atomic mass is 16.2. The summed E-state index contributed by atoms with van der Waals surface area (Å²) in [6.45, 7) is 3.94. The molecule has 1 aromatic carbocycles. The molecule has 1 aromatic rings. The number of benzene rings is 1. The predicted octanol–water partition coefficient (Wildman–Crippen LogP) is 2.49. The van der Waals surface area contributed by atoms with Crippen molar-refractivity contribution in [2.45, 2.75) is 19.8 Å². The first-order valence-electron chi connectivity index (χ1n) is 6.41. The molecule has 1 aliphatic heterocycles. The molecule has 0 bridgehead atoms. The van der Waals surface area contributed by atoms with E-state index < -0.39 is 0 Å². The first-order valence-corrected chi connectivity index (χ1v) is 6.41. The van der Waals surface area contributed by atoms with E-state index in [1.165, 1.54) is 0 Å². The molecule has 2 atom stereocenters. The van der Waals surface area contributed by atoms with Gasteiger partial charge in [-0.15, -0.1) is 0 Å². The van der Waals surface area contributed by atoms with Crippen LogP contribution in [0.2, 0.25) is 0 Å². The summed E-state index contributed by atoms with van der Waals surface area (Å²) < 4.78 is 0. The number of carbonyl (C=O) groups is 1. The molecule has 17 heavy (non-hydrogen) atoms. The summed E-state index contributed by atoms with van der Waals surface area (Å²) in [5.41, 5.74) is 2.14. The van der Waals surface area contributed by atoms with Crippen molar-refractivity contribution < 1.29 is 4.79 Å². The first-order chi connectivity index (χ1) is 8.27. The molecule has 3 nitrogen and oxygen atoms in total. The van der Waals surface area contributed by atoms with E-state index in [0.717, 1.165) is 37.3 Å². The molecule has 1 N–H and O–H groups in total. The monoisotopic (exact) mass is 230 g/mol. The molecule has 1 heterocycles. The van der Waals surface area contributed by atoms with Gasteiger partial charge in [0.05, 0.1) is 11.4 Å². The fourth-order valence-electron chi connectivity index (χ4n) is 2.53. The summed E-state index contributed by atoms with van der Waals surface area (Å²) in [5, 5.41) is 3.39. The van der Waals surface area contributed by atoms with E-state index in [1.807, 2.05) is 23.1 Å². The lowest BCUT2D eigenvalue weighted by molar-refractivity contribution is -0.120. The SMILES string of the molecule is CC1CC1C(=O)N1CCCNc2ccccc21. The van der Waals surface area contributed by atoms with E-state index in [0.29, 0.717) is 11.8 Å². The van der Waals surface area contributed by atoms with Crippen LogP contribution in [-0.4, -0.2) is 19.0 Å². The number of nitrogens with zero attached hydrogens (tertiary/aromatic N) is 1. The molecule has 3 rings (SSSR count). The van der Waals surface area contributed by atoms with Crippen LogP contribution in [0.1, 0.15) is 19.8 Å². The summed E-state index contributed by atoms with van der Waals surface area (Å²) in [6, 6.07) is 8.11. The lowest BCUT2D eigenvalue weighted by atomic mass is 10.2. The topological polar surface area (TPSA) is 32.3 Å². The first kappa shape index (κ1) is 10.6. The molecule has 0 radical (unpaired) electrons. The van der Waals surface area contributed by atoms with Crippen molar-refractivity contribution in [1.82, 2.24) is 0 Å². The van der Waals surface area contributed by atoms with Crippen LogP contribution in [0.5, 0.6) is 0 Å². The van der Waals surface area contributed by atoms with Gasteiger partial charge >= 0.3 is 0 Å². The van der Waals surface area contributed by atoms with Crippen LogP contribution in [0.4, 0.5) is 11.4 Å². The number of para-hydroxylation sites is 2. The van der Waals surface area contributed by atoms with Gasteiger partial charge in [0.15, 0.2) is 0 Å². The van der Waals surface area contributed by atoms with E-state index in [2.05, 4.69) is 18.3 Å². The molecular formula is C14H18N2O. The Balaban J connectivity index is 1.91. The molecule has 2 unspecified atom stereocenters. The van der Waals surface area contributed by atoms with E-state index >= 15 is 0 Å². The number of amides is 1. The van der Waals surface area contributed by atoms with Gasteiger partial charge in [-0.05, 0) is 30.9 Å². The molecule has 2 aliphatic rings. The fraction of sp³-hybridized carbons (Fsp3) is 0.500. The van der Waals surface area contributed by atoms with Crippen molar-refractivity contribution in [3.8, 4) is 0 Å². The molecular weight excluding hydrogens is 212 g/mol. The van der Waals surface area contributed by atoms with Crippen LogP contribution in [0.25, 0.3) is 0 Å². The Labute approximate surface area is 102 Å². The predicted molar refractivity (Wildman–Crippen MR) is 69.2 cm³/mol. The highest BCUT2D eigenvalue weighted by Crippen LogP contribution is 2.41. The molecule has 1 saturated carbocycles. The normalized spacial score (nSPS) is 26.8. The second kappa shape index (κ2) is 4.06. The van der Waals surface area contributed by atoms with Crippen LogP contribution in [0.15, 0.2) is 24.3 Å². The van der Waals surface area contributed by atoms with Crippen molar-refractivity contribution >= 4 is 17.3 Å². The van der Waals surface area contributed by atoms with Gasteiger partial charge in [-0.2, -0.15) is 0 Å². The third-order valence-electron chi connectivity index (χ3n) is 3.76. The minimum absolute atomic E-state index is 0.265. The number of fused-ring (bicyclic) bond motifs is 1. The molecule has 1 aliphatic carbocycles. The highest BCUT2D eigenvalue weighted by Gasteiger charge is 2.42. The third-order valence-corrected chi connectivity index (χ3v) is 3.76. The lowest BCUT2D eigenvalue weighted by Crippen LogP contribution is -2.33. The van der Waals surface area contributed by atoms with E-state index in [-0.39, 0.29) is 5.92 Å². The van der Waals surface area contributed by atoms with Crippen LogP contribution < -0.4 is 10.2 Å². The average Bonchev–Trinajstić information content (AvgIpc) is 3.10. The summed E-state index contributed by atoms with van der Waals surface area (Å²) in [4.78, 5) is 14.4. The maximum atomic E-state index is 12.4. The number of carbonyl (C=O) groups excluding carboxylic acids is 1. The van der Waals surface area contributed by atoms with Gasteiger partial charge in [0.2, 0.25) is 5.91 Å². The Kier molecular flexibility index (Phi) is 2.54. The maximum absolute atomic E-state index is 12.4. The number of anilines is 2. The third kappa shape index (κ3) is 1.90. The van der Waals surface area contributed by atoms with Crippen LogP contribution in [0.3, 0.4) is 0 Å². The standard InChI is InChI=1S/C14H18N2O/c1-10-9-11(10)14(17)16-8-4-7-15-12-5-2-3-6-13(12)16/h2-3,5-6,10-11,15H,4,7-9H2,1H3. The summed E-state index contributed by atoms with van der Waals surface area (Å²) in [7, 11) is 0. The molecule has 0 spiro atoms. The fourth-order valence-corrected chi connectivity index (χ4v) is 2.53. The second-order valence-electron chi connectivity index (χ2n) is 5.11. The van der Waals surface area contributed by atoms with Gasteiger partial charge in [0.25, 0.3) is 0 Å². The van der Waals surface area contributed by atoms with Gasteiger partial charge in [0.1, 0.15) is 0 Å². The maximum Gasteiger partial charge on any atom is 0.230 e. The number of nitrogens with one attached hydrogen (secondary N) is 1. The Morgan fingerprint density at radius 3 is 2.94 bits per heavy atom. The Morgan fingerprint density at radius 1 is 1.41 bits per heavy atom. The summed E-state index contributed by atoms with van der Waals surface area (Å²) in [6.07, 6.45) is 2.08. The number of hydrogen-bond acceptors (Lipinski definition) is 2. The van der Waals surface area contributed by atoms with E-state index in [1.54, 1.807) is 0 Å². The van der Waals surface area contributed by atoms with Crippen molar-refractivity contribution in [3.05, 3.63) is 24.3 Å². The van der Waals surface area contributed by atoms with Crippen LogP contribution in [-0.2, 0) is 4.79 Å². The van der Waals surface area contributed by atoms with Gasteiger partial charge in [0, 0.05) is 19.0 Å². The summed E-state index contributed by atoms with van der Waals surface area (Å²) >= 11 is 0.